The number of aliphatic hydroxyl groups excluding tert-OH is 1. The summed E-state index contributed by atoms with van der Waals surface area (Å²) in [7, 11) is 1.65. The molecular weight excluding hydrogens is 695 g/mol. The molecule has 8 rings (SSSR count). The standard InChI is InChI=1S/C44H45N5O6/c1-6-23-48-35-21-18-31(49-36-14-10-11-15-37(36)54-27-39(49)50)25-33(35)44(42(48)52)28(2)40(43(3,4)30-16-19-32(53-5)20-17-30)38(55-44)22-24-47-26-34(45-46-47)41(51)29-12-8-7-9-13-29/h6-21,25-26,28,38,40-41,51H,1,22-24,27H2,2-5H3/t28-,38+,40-,41-,44+/m1/s1. The number of fused-ring (bicyclic) bond motifs is 3. The third-order valence-corrected chi connectivity index (χ3v) is 11.7. The van der Waals surface area contributed by atoms with Crippen molar-refractivity contribution in [3.63, 3.8) is 0 Å². The molecule has 5 atom stereocenters. The van der Waals surface area contributed by atoms with E-state index in [1.54, 1.807) is 33.9 Å². The van der Waals surface area contributed by atoms with E-state index >= 15 is 4.79 Å². The van der Waals surface area contributed by atoms with Crippen molar-refractivity contribution in [2.45, 2.75) is 57.0 Å². The van der Waals surface area contributed by atoms with Gasteiger partial charge < -0.3 is 24.2 Å². The highest BCUT2D eigenvalue weighted by atomic mass is 16.5. The summed E-state index contributed by atoms with van der Waals surface area (Å²) in [6.07, 6.45) is 2.68. The van der Waals surface area contributed by atoms with Crippen molar-refractivity contribution in [1.29, 1.82) is 0 Å². The molecule has 4 aromatic carbocycles. The molecule has 0 saturated carbocycles. The SMILES string of the molecule is C=CCN1C(=O)[C@@]2(O[C@@H](CCn3cc([C@H](O)c4ccccc4)nn3)[C@H](C(C)(C)c3ccc(OC)cc3)[C@H]2C)c2cc(N3C(=O)COc4ccccc43)ccc21. The van der Waals surface area contributed by atoms with E-state index in [1.807, 2.05) is 84.9 Å². The second-order valence-electron chi connectivity index (χ2n) is 15.1. The fraction of sp³-hybridized carbons (Fsp3) is 0.318. The molecule has 4 heterocycles. The average Bonchev–Trinajstić information content (AvgIpc) is 3.87. The van der Waals surface area contributed by atoms with Gasteiger partial charge in [-0.3, -0.25) is 19.2 Å². The maximum Gasteiger partial charge on any atom is 0.269 e. The summed E-state index contributed by atoms with van der Waals surface area (Å²) in [5.74, 6) is 0.531. The summed E-state index contributed by atoms with van der Waals surface area (Å²) in [6.45, 7) is 11.1. The molecule has 55 heavy (non-hydrogen) atoms. The van der Waals surface area contributed by atoms with Crippen molar-refractivity contribution in [1.82, 2.24) is 15.0 Å². The molecule has 1 saturated heterocycles. The average molecular weight is 740 g/mol. The minimum atomic E-state index is -1.36. The summed E-state index contributed by atoms with van der Waals surface area (Å²) in [6, 6.07) is 30.6. The van der Waals surface area contributed by atoms with Gasteiger partial charge in [-0.05, 0) is 65.4 Å². The highest BCUT2D eigenvalue weighted by Gasteiger charge is 2.66. The molecule has 3 aliphatic heterocycles. The van der Waals surface area contributed by atoms with Gasteiger partial charge in [0.2, 0.25) is 0 Å². The molecule has 11 nitrogen and oxygen atoms in total. The number of anilines is 3. The van der Waals surface area contributed by atoms with Crippen LogP contribution in [-0.2, 0) is 31.9 Å². The van der Waals surface area contributed by atoms with Crippen LogP contribution >= 0.6 is 0 Å². The number of rotatable bonds is 11. The second kappa shape index (κ2) is 14.1. The van der Waals surface area contributed by atoms with Crippen LogP contribution in [0.3, 0.4) is 0 Å². The van der Waals surface area contributed by atoms with Crippen molar-refractivity contribution >= 4 is 28.9 Å². The molecule has 11 heteroatoms. The second-order valence-corrected chi connectivity index (χ2v) is 15.1. The van der Waals surface area contributed by atoms with Gasteiger partial charge in [0, 0.05) is 36.2 Å². The molecule has 1 fully saturated rings. The Labute approximate surface area is 320 Å². The van der Waals surface area contributed by atoms with Crippen molar-refractivity contribution in [2.75, 3.05) is 30.1 Å². The van der Waals surface area contributed by atoms with E-state index in [2.05, 4.69) is 49.8 Å². The number of hydrogen-bond acceptors (Lipinski definition) is 8. The molecule has 5 aromatic rings. The first-order valence-corrected chi connectivity index (χ1v) is 18.7. The minimum Gasteiger partial charge on any atom is -0.497 e. The fourth-order valence-electron chi connectivity index (χ4n) is 9.02. The van der Waals surface area contributed by atoms with Crippen LogP contribution in [0, 0.1) is 11.8 Å². The molecule has 1 N–H and O–H groups in total. The van der Waals surface area contributed by atoms with E-state index in [0.29, 0.717) is 47.9 Å². The van der Waals surface area contributed by atoms with Crippen LogP contribution < -0.4 is 19.3 Å². The van der Waals surface area contributed by atoms with Gasteiger partial charge in [0.1, 0.15) is 23.3 Å². The molecule has 2 amide bonds. The summed E-state index contributed by atoms with van der Waals surface area (Å²) in [4.78, 5) is 31.9. The topological polar surface area (TPSA) is 119 Å². The molecule has 282 valence electrons. The number of benzene rings is 4. The normalized spacial score (nSPS) is 22.4. The van der Waals surface area contributed by atoms with Gasteiger partial charge in [0.25, 0.3) is 11.8 Å². The van der Waals surface area contributed by atoms with E-state index < -0.39 is 23.2 Å². The molecule has 0 unspecified atom stereocenters. The summed E-state index contributed by atoms with van der Waals surface area (Å²) in [5.41, 5.74) is 3.15. The Kier molecular flexibility index (Phi) is 9.30. The number of methoxy groups -OCH3 is 1. The van der Waals surface area contributed by atoms with Crippen LogP contribution in [0.25, 0.3) is 0 Å². The molecule has 0 radical (unpaired) electrons. The maximum atomic E-state index is 15.0. The number of para-hydroxylation sites is 2. The van der Waals surface area contributed by atoms with Crippen LogP contribution in [0.15, 0.2) is 116 Å². The number of aryl methyl sites for hydroxylation is 1. The fourth-order valence-corrected chi connectivity index (χ4v) is 9.02. The van der Waals surface area contributed by atoms with Gasteiger partial charge in [-0.25, -0.2) is 0 Å². The Morgan fingerprint density at radius 1 is 1.02 bits per heavy atom. The zero-order chi connectivity index (χ0) is 38.5. The monoisotopic (exact) mass is 739 g/mol. The summed E-state index contributed by atoms with van der Waals surface area (Å²) >= 11 is 0. The predicted octanol–water partition coefficient (Wildman–Crippen LogP) is 6.87. The van der Waals surface area contributed by atoms with E-state index in [4.69, 9.17) is 14.2 Å². The van der Waals surface area contributed by atoms with E-state index in [0.717, 1.165) is 22.6 Å². The molecule has 1 spiro atoms. The molecule has 0 aliphatic carbocycles. The van der Waals surface area contributed by atoms with Crippen LogP contribution in [0.2, 0.25) is 0 Å². The Morgan fingerprint density at radius 2 is 1.76 bits per heavy atom. The highest BCUT2D eigenvalue weighted by molar-refractivity contribution is 6.10. The number of nitrogens with zero attached hydrogens (tertiary/aromatic N) is 5. The van der Waals surface area contributed by atoms with Crippen LogP contribution in [0.4, 0.5) is 17.1 Å². The smallest absolute Gasteiger partial charge is 0.269 e. The van der Waals surface area contributed by atoms with Gasteiger partial charge in [-0.1, -0.05) is 86.7 Å². The van der Waals surface area contributed by atoms with Crippen LogP contribution in [0.1, 0.15) is 55.7 Å². The first-order valence-electron chi connectivity index (χ1n) is 18.7. The molecule has 0 bridgehead atoms. The van der Waals surface area contributed by atoms with Gasteiger partial charge >= 0.3 is 0 Å². The van der Waals surface area contributed by atoms with Gasteiger partial charge in [-0.2, -0.15) is 0 Å². The van der Waals surface area contributed by atoms with E-state index in [-0.39, 0.29) is 30.3 Å². The Hall–Kier alpha value is -5.78. The van der Waals surface area contributed by atoms with Crippen LogP contribution in [0.5, 0.6) is 11.5 Å². The molecule has 1 aromatic heterocycles. The van der Waals surface area contributed by atoms with Crippen molar-refractivity contribution in [3.05, 3.63) is 138 Å². The maximum absolute atomic E-state index is 15.0. The lowest BCUT2D eigenvalue weighted by Crippen LogP contribution is -2.46. The minimum absolute atomic E-state index is 0.0970. The summed E-state index contributed by atoms with van der Waals surface area (Å²) < 4.78 is 20.3. The lowest BCUT2D eigenvalue weighted by molar-refractivity contribution is -0.146. The number of aromatic nitrogens is 3. The quantitative estimate of drug-likeness (QED) is 0.146. The lowest BCUT2D eigenvalue weighted by atomic mass is 9.63. The van der Waals surface area contributed by atoms with Crippen molar-refractivity contribution in [3.8, 4) is 11.5 Å². The van der Waals surface area contributed by atoms with Gasteiger partial charge in [0.05, 0.1) is 30.8 Å². The number of aliphatic hydroxyl groups is 1. The summed E-state index contributed by atoms with van der Waals surface area (Å²) in [5, 5.41) is 19.7. The molecule has 3 aliphatic rings. The third kappa shape index (κ3) is 5.98. The third-order valence-electron chi connectivity index (χ3n) is 11.7. The Morgan fingerprint density at radius 3 is 2.51 bits per heavy atom. The van der Waals surface area contributed by atoms with Crippen molar-refractivity contribution in [2.24, 2.45) is 11.8 Å². The first-order chi connectivity index (χ1) is 26.6. The van der Waals surface area contributed by atoms with Gasteiger partial charge in [0.15, 0.2) is 12.2 Å². The van der Waals surface area contributed by atoms with Crippen LogP contribution in [-0.4, -0.2) is 58.3 Å². The molecular formula is C44H45N5O6. The van der Waals surface area contributed by atoms with Crippen molar-refractivity contribution < 1.29 is 28.9 Å². The number of hydrogen-bond donors (Lipinski definition) is 1. The highest BCUT2D eigenvalue weighted by Crippen LogP contribution is 2.60. The van der Waals surface area contributed by atoms with E-state index in [9.17, 15) is 9.90 Å². The first kappa shape index (κ1) is 36.2. The zero-order valence-corrected chi connectivity index (χ0v) is 31.5. The number of ether oxygens (including phenoxy) is 3. The number of carbonyl (C=O) groups excluding carboxylic acids is 2. The largest absolute Gasteiger partial charge is 0.497 e. The lowest BCUT2D eigenvalue weighted by Gasteiger charge is -2.39. The Bertz CT molecular complexity index is 2240. The Balaban J connectivity index is 1.20. The number of amides is 2. The van der Waals surface area contributed by atoms with E-state index in [1.165, 1.54) is 0 Å². The van der Waals surface area contributed by atoms with Gasteiger partial charge in [-0.15, -0.1) is 11.7 Å². The zero-order valence-electron chi connectivity index (χ0n) is 31.5. The predicted molar refractivity (Wildman–Crippen MR) is 208 cm³/mol. The number of carbonyl (C=O) groups is 2.